The molecule has 7 heteroatoms. The summed E-state index contributed by atoms with van der Waals surface area (Å²) in [5, 5.41) is 21.0. The molecule has 0 saturated carbocycles. The smallest absolute Gasteiger partial charge is 0.186 e. The Balaban J connectivity index is 2.63. The van der Waals surface area contributed by atoms with Gasteiger partial charge in [-0.25, -0.2) is 8.78 Å². The predicted molar refractivity (Wildman–Crippen MR) is 92.5 cm³/mol. The number of halogens is 2. The van der Waals surface area contributed by atoms with Gasteiger partial charge in [-0.1, -0.05) is 25.5 Å². The number of nitrogens with one attached hydrogen (secondary N) is 1. The van der Waals surface area contributed by atoms with Gasteiger partial charge in [0, 0.05) is 0 Å². The lowest BCUT2D eigenvalue weighted by molar-refractivity contribution is 0.294. The van der Waals surface area contributed by atoms with Gasteiger partial charge in [0.25, 0.3) is 0 Å². The van der Waals surface area contributed by atoms with Crippen molar-refractivity contribution in [3.8, 4) is 23.6 Å². The summed E-state index contributed by atoms with van der Waals surface area (Å²) in [5.74, 6) is -2.16. The highest BCUT2D eigenvalue weighted by molar-refractivity contribution is 5.75. The maximum absolute atomic E-state index is 14.9. The molecule has 0 radical (unpaired) electrons. The zero-order valence-electron chi connectivity index (χ0n) is 14.4. The third-order valence-electron chi connectivity index (χ3n) is 3.67. The van der Waals surface area contributed by atoms with E-state index in [1.54, 1.807) is 30.3 Å². The number of benzene rings is 2. The maximum Gasteiger partial charge on any atom is 0.186 e. The van der Waals surface area contributed by atoms with Crippen molar-refractivity contribution < 1.29 is 18.3 Å². The number of hydrogen-bond donors (Lipinski definition) is 1. The van der Waals surface area contributed by atoms with Crippen molar-refractivity contribution in [3.63, 3.8) is 0 Å². The van der Waals surface area contributed by atoms with E-state index in [9.17, 15) is 8.78 Å². The van der Waals surface area contributed by atoms with Crippen LogP contribution in [0.1, 0.15) is 30.9 Å². The van der Waals surface area contributed by atoms with Crippen molar-refractivity contribution in [2.75, 3.05) is 19.0 Å². The molecule has 2 rings (SSSR count). The van der Waals surface area contributed by atoms with Gasteiger partial charge < -0.3 is 14.8 Å². The number of ether oxygens (including phenoxy) is 2. The average molecular weight is 357 g/mol. The van der Waals surface area contributed by atoms with E-state index in [4.69, 9.17) is 20.0 Å². The van der Waals surface area contributed by atoms with Crippen LogP contribution in [0.3, 0.4) is 0 Å². The molecule has 0 aliphatic rings. The molecule has 2 aromatic carbocycles. The number of hydrogen-bond acceptors (Lipinski definition) is 5. The molecule has 0 aliphatic carbocycles. The molecule has 0 spiro atoms. The first-order valence-corrected chi connectivity index (χ1v) is 7.96. The van der Waals surface area contributed by atoms with Gasteiger partial charge in [-0.2, -0.15) is 10.5 Å². The van der Waals surface area contributed by atoms with E-state index in [0.29, 0.717) is 17.9 Å². The summed E-state index contributed by atoms with van der Waals surface area (Å²) >= 11 is 0. The second-order valence-corrected chi connectivity index (χ2v) is 5.33. The van der Waals surface area contributed by atoms with E-state index < -0.39 is 28.5 Å². The second-order valence-electron chi connectivity index (χ2n) is 5.33. The fraction of sp³-hybridized carbons (Fsp3) is 0.263. The molecule has 0 saturated heterocycles. The third-order valence-corrected chi connectivity index (χ3v) is 3.67. The first-order chi connectivity index (χ1) is 12.6. The number of nitrogens with zero attached hydrogens (tertiary/aromatic N) is 2. The number of nitriles is 2. The number of rotatable bonds is 7. The van der Waals surface area contributed by atoms with Crippen molar-refractivity contribution in [2.24, 2.45) is 0 Å². The van der Waals surface area contributed by atoms with Crippen molar-refractivity contribution in [3.05, 3.63) is 47.0 Å². The molecule has 0 unspecified atom stereocenters. The molecule has 134 valence electrons. The van der Waals surface area contributed by atoms with Crippen molar-refractivity contribution in [1.29, 1.82) is 10.5 Å². The highest BCUT2D eigenvalue weighted by Crippen LogP contribution is 2.39. The van der Waals surface area contributed by atoms with Crippen LogP contribution in [0.5, 0.6) is 11.5 Å². The van der Waals surface area contributed by atoms with Crippen LogP contribution in [0.2, 0.25) is 0 Å². The molecule has 0 aliphatic heterocycles. The van der Waals surface area contributed by atoms with Crippen LogP contribution < -0.4 is 14.8 Å². The number of methoxy groups -OCH3 is 1. The van der Waals surface area contributed by atoms with Crippen LogP contribution in [-0.2, 0) is 0 Å². The van der Waals surface area contributed by atoms with Crippen LogP contribution in [0.4, 0.5) is 20.2 Å². The van der Waals surface area contributed by atoms with Crippen LogP contribution in [0, 0.1) is 34.3 Å². The van der Waals surface area contributed by atoms with E-state index >= 15 is 0 Å². The quantitative estimate of drug-likeness (QED) is 0.731. The van der Waals surface area contributed by atoms with Gasteiger partial charge in [-0.05, 0) is 18.6 Å². The molecule has 0 fully saturated rings. The largest absolute Gasteiger partial charge is 0.495 e. The molecule has 26 heavy (non-hydrogen) atoms. The van der Waals surface area contributed by atoms with E-state index in [-0.39, 0.29) is 12.3 Å². The Morgan fingerprint density at radius 2 is 1.73 bits per heavy atom. The average Bonchev–Trinajstić information content (AvgIpc) is 2.66. The molecule has 2 aromatic rings. The Morgan fingerprint density at radius 3 is 2.35 bits per heavy atom. The highest BCUT2D eigenvalue weighted by atomic mass is 19.1. The number of unbranched alkanes of at least 4 members (excludes halogenated alkanes) is 1. The minimum absolute atomic E-state index is 0.143. The fourth-order valence-corrected chi connectivity index (χ4v) is 2.33. The molecule has 0 bridgehead atoms. The number of para-hydroxylation sites is 2. The summed E-state index contributed by atoms with van der Waals surface area (Å²) in [6.07, 6.45) is 1.41. The lowest BCUT2D eigenvalue weighted by Crippen LogP contribution is -2.09. The summed E-state index contributed by atoms with van der Waals surface area (Å²) in [6, 6.07) is 9.73. The minimum Gasteiger partial charge on any atom is -0.495 e. The zero-order chi connectivity index (χ0) is 19.1. The van der Waals surface area contributed by atoms with Crippen LogP contribution in [0.25, 0.3) is 0 Å². The Labute approximate surface area is 150 Å². The predicted octanol–water partition coefficient (Wildman–Crippen LogP) is 4.64. The van der Waals surface area contributed by atoms with Gasteiger partial charge in [0.05, 0.1) is 19.4 Å². The second kappa shape index (κ2) is 8.68. The van der Waals surface area contributed by atoms with Crippen molar-refractivity contribution in [2.45, 2.75) is 19.8 Å². The molecule has 0 heterocycles. The summed E-state index contributed by atoms with van der Waals surface area (Å²) < 4.78 is 40.2. The molecule has 1 N–H and O–H groups in total. The molecular weight excluding hydrogens is 340 g/mol. The van der Waals surface area contributed by atoms with Gasteiger partial charge in [0.1, 0.15) is 34.7 Å². The van der Waals surface area contributed by atoms with Crippen molar-refractivity contribution in [1.82, 2.24) is 0 Å². The first kappa shape index (κ1) is 19.0. The van der Waals surface area contributed by atoms with Gasteiger partial charge in [-0.3, -0.25) is 0 Å². The van der Waals surface area contributed by atoms with Gasteiger partial charge in [0.15, 0.2) is 17.4 Å². The third kappa shape index (κ3) is 3.68. The molecule has 0 aromatic heterocycles. The topological polar surface area (TPSA) is 78.1 Å². The lowest BCUT2D eigenvalue weighted by Gasteiger charge is -2.18. The summed E-state index contributed by atoms with van der Waals surface area (Å²) in [4.78, 5) is 0. The maximum atomic E-state index is 14.9. The standard InChI is InChI=1S/C19H17F2N3O2/c1-3-4-9-26-19-17(21)13(11-23)12(10-22)16(20)18(19)24-14-7-5-6-8-15(14)25-2/h5-8,24H,3-4,9H2,1-2H3. The SMILES string of the molecule is CCCCOc1c(F)c(C#N)c(C#N)c(F)c1Nc1ccccc1OC. The van der Waals surface area contributed by atoms with E-state index in [1.807, 2.05) is 6.92 Å². The Hall–Kier alpha value is -3.32. The van der Waals surface area contributed by atoms with Crippen LogP contribution in [0.15, 0.2) is 24.3 Å². The summed E-state index contributed by atoms with van der Waals surface area (Å²) in [5.41, 5.74) is -1.34. The lowest BCUT2D eigenvalue weighted by atomic mass is 10.1. The van der Waals surface area contributed by atoms with Crippen molar-refractivity contribution >= 4 is 11.4 Å². The van der Waals surface area contributed by atoms with E-state index in [1.165, 1.54) is 13.2 Å². The molecule has 5 nitrogen and oxygen atoms in total. The first-order valence-electron chi connectivity index (χ1n) is 7.96. The zero-order valence-corrected chi connectivity index (χ0v) is 14.4. The molecular formula is C19H17F2N3O2. The monoisotopic (exact) mass is 357 g/mol. The molecule has 0 atom stereocenters. The van der Waals surface area contributed by atoms with E-state index in [2.05, 4.69) is 5.32 Å². The highest BCUT2D eigenvalue weighted by Gasteiger charge is 2.26. The minimum atomic E-state index is -1.07. The van der Waals surface area contributed by atoms with Crippen LogP contribution in [-0.4, -0.2) is 13.7 Å². The number of anilines is 2. The fourth-order valence-electron chi connectivity index (χ4n) is 2.33. The van der Waals surface area contributed by atoms with Gasteiger partial charge in [-0.15, -0.1) is 0 Å². The normalized spacial score (nSPS) is 9.92. The van der Waals surface area contributed by atoms with Gasteiger partial charge in [0.2, 0.25) is 0 Å². The van der Waals surface area contributed by atoms with Crippen LogP contribution >= 0.6 is 0 Å². The van der Waals surface area contributed by atoms with E-state index in [0.717, 1.165) is 6.42 Å². The van der Waals surface area contributed by atoms with Gasteiger partial charge >= 0.3 is 0 Å². The Morgan fingerprint density at radius 1 is 1.08 bits per heavy atom. The molecule has 0 amide bonds. The summed E-state index contributed by atoms with van der Waals surface area (Å²) in [7, 11) is 1.44. The summed E-state index contributed by atoms with van der Waals surface area (Å²) in [6.45, 7) is 2.07. The Kier molecular flexibility index (Phi) is 6.35. The Bertz CT molecular complexity index is 886.